The zero-order valence-corrected chi connectivity index (χ0v) is 17.8. The summed E-state index contributed by atoms with van der Waals surface area (Å²) < 4.78 is 0. The van der Waals surface area contributed by atoms with E-state index in [-0.39, 0.29) is 23.3 Å². The summed E-state index contributed by atoms with van der Waals surface area (Å²) in [5.74, 6) is -0.555. The van der Waals surface area contributed by atoms with Gasteiger partial charge in [0.15, 0.2) is 0 Å². The van der Waals surface area contributed by atoms with Gasteiger partial charge in [-0.3, -0.25) is 9.59 Å². The Hall–Kier alpha value is -2.61. The molecule has 0 saturated carbocycles. The van der Waals surface area contributed by atoms with Gasteiger partial charge in [0.05, 0.1) is 0 Å². The van der Waals surface area contributed by atoms with E-state index < -0.39 is 5.91 Å². The Labute approximate surface area is 172 Å². The smallest absolute Gasteiger partial charge is 0.321 e. The normalized spacial score (nSPS) is 15.3. The number of rotatable bonds is 7. The van der Waals surface area contributed by atoms with Crippen LogP contribution in [0.4, 0.5) is 10.5 Å². The fourth-order valence-electron chi connectivity index (χ4n) is 3.68. The number of nitrogens with zero attached hydrogens (tertiary/aromatic N) is 2. The Kier molecular flexibility index (Phi) is 7.61. The highest BCUT2D eigenvalue weighted by Crippen LogP contribution is 2.20. The van der Waals surface area contributed by atoms with Crippen LogP contribution in [0.25, 0.3) is 0 Å². The maximum absolute atomic E-state index is 12.5. The lowest BCUT2D eigenvalue weighted by Gasteiger charge is -2.33. The van der Waals surface area contributed by atoms with Crippen molar-refractivity contribution in [3.05, 3.63) is 29.8 Å². The van der Waals surface area contributed by atoms with Crippen LogP contribution in [0.2, 0.25) is 0 Å². The minimum absolute atomic E-state index is 0.000797. The van der Waals surface area contributed by atoms with Gasteiger partial charge in [-0.25, -0.2) is 4.79 Å². The number of likely N-dealkylation sites (tertiary alicyclic amines) is 1. The first-order valence-electron chi connectivity index (χ1n) is 9.95. The summed E-state index contributed by atoms with van der Waals surface area (Å²) in [5, 5.41) is 5.86. The number of carbonyl (C=O) groups excluding carboxylic acids is 3. The number of urea groups is 1. The van der Waals surface area contributed by atoms with Crippen LogP contribution in [0.5, 0.6) is 0 Å². The second-order valence-electron chi connectivity index (χ2n) is 8.76. The quantitative estimate of drug-likeness (QED) is 0.644. The van der Waals surface area contributed by atoms with Gasteiger partial charge in [-0.15, -0.1) is 0 Å². The van der Waals surface area contributed by atoms with E-state index in [4.69, 9.17) is 5.73 Å². The Bertz CT molecular complexity index is 740. The number of nitrogens with two attached hydrogens (primary N) is 1. The van der Waals surface area contributed by atoms with Crippen LogP contribution in [-0.4, -0.2) is 67.9 Å². The van der Waals surface area contributed by atoms with Crippen molar-refractivity contribution in [2.75, 3.05) is 45.6 Å². The predicted molar refractivity (Wildman–Crippen MR) is 114 cm³/mol. The SMILES string of the molecule is CN(C)CC(C)(C)CNC(=O)C1CCN(C(=O)Nc2cccc(C(N)=O)c2)CC1. The molecular weight excluding hydrogens is 370 g/mol. The third-order valence-corrected chi connectivity index (χ3v) is 5.04. The van der Waals surface area contributed by atoms with Crippen molar-refractivity contribution in [3.63, 3.8) is 0 Å². The minimum Gasteiger partial charge on any atom is -0.366 e. The van der Waals surface area contributed by atoms with Gasteiger partial charge in [0.2, 0.25) is 11.8 Å². The molecular formula is C21H33N5O3. The molecule has 0 aliphatic carbocycles. The molecule has 0 atom stereocenters. The number of nitrogens with one attached hydrogen (secondary N) is 2. The Morgan fingerprint density at radius 2 is 1.86 bits per heavy atom. The van der Waals surface area contributed by atoms with Gasteiger partial charge in [-0.05, 0) is 50.6 Å². The average molecular weight is 404 g/mol. The second-order valence-corrected chi connectivity index (χ2v) is 8.76. The largest absolute Gasteiger partial charge is 0.366 e. The van der Waals surface area contributed by atoms with Crippen molar-refractivity contribution in [1.29, 1.82) is 0 Å². The summed E-state index contributed by atoms with van der Waals surface area (Å²) in [7, 11) is 4.04. The molecule has 1 aliphatic heterocycles. The van der Waals surface area contributed by atoms with Crippen molar-refractivity contribution < 1.29 is 14.4 Å². The lowest BCUT2D eigenvalue weighted by molar-refractivity contribution is -0.126. The molecule has 0 unspecified atom stereocenters. The van der Waals surface area contributed by atoms with Crippen molar-refractivity contribution in [3.8, 4) is 0 Å². The fraction of sp³-hybridized carbons (Fsp3) is 0.571. The van der Waals surface area contributed by atoms with Gasteiger partial charge in [0, 0.05) is 43.3 Å². The molecule has 4 N–H and O–H groups in total. The topological polar surface area (TPSA) is 108 Å². The highest BCUT2D eigenvalue weighted by atomic mass is 16.2. The molecule has 1 saturated heterocycles. The molecule has 1 aliphatic rings. The fourth-order valence-corrected chi connectivity index (χ4v) is 3.68. The molecule has 0 aromatic heterocycles. The highest BCUT2D eigenvalue weighted by Gasteiger charge is 2.28. The molecule has 2 rings (SSSR count). The van der Waals surface area contributed by atoms with Crippen molar-refractivity contribution in [2.24, 2.45) is 17.1 Å². The summed E-state index contributed by atoms with van der Waals surface area (Å²) in [5.41, 5.74) is 6.14. The first-order chi connectivity index (χ1) is 13.6. The summed E-state index contributed by atoms with van der Waals surface area (Å²) in [6, 6.07) is 6.29. The van der Waals surface area contributed by atoms with Crippen molar-refractivity contribution in [2.45, 2.75) is 26.7 Å². The monoisotopic (exact) mass is 403 g/mol. The molecule has 1 aromatic rings. The first-order valence-corrected chi connectivity index (χ1v) is 9.95. The third-order valence-electron chi connectivity index (χ3n) is 5.04. The van der Waals surface area contributed by atoms with Gasteiger partial charge in [-0.1, -0.05) is 19.9 Å². The van der Waals surface area contributed by atoms with E-state index in [1.54, 1.807) is 29.2 Å². The van der Waals surface area contributed by atoms with Crippen LogP contribution in [0.1, 0.15) is 37.0 Å². The van der Waals surface area contributed by atoms with E-state index >= 15 is 0 Å². The van der Waals surface area contributed by atoms with Crippen molar-refractivity contribution in [1.82, 2.24) is 15.1 Å². The van der Waals surface area contributed by atoms with Gasteiger partial charge in [-0.2, -0.15) is 0 Å². The Morgan fingerprint density at radius 1 is 1.21 bits per heavy atom. The third kappa shape index (κ3) is 7.05. The molecule has 8 nitrogen and oxygen atoms in total. The van der Waals surface area contributed by atoms with E-state index in [1.807, 2.05) is 14.1 Å². The second kappa shape index (κ2) is 9.73. The van der Waals surface area contributed by atoms with Crippen LogP contribution >= 0.6 is 0 Å². The zero-order chi connectivity index (χ0) is 21.6. The van der Waals surface area contributed by atoms with Crippen LogP contribution in [0.15, 0.2) is 24.3 Å². The predicted octanol–water partition coefficient (Wildman–Crippen LogP) is 1.73. The lowest BCUT2D eigenvalue weighted by atomic mass is 9.91. The number of hydrogen-bond acceptors (Lipinski definition) is 4. The maximum Gasteiger partial charge on any atom is 0.321 e. The number of amides is 4. The van der Waals surface area contributed by atoms with Gasteiger partial charge < -0.3 is 26.2 Å². The molecule has 0 spiro atoms. The number of piperidine rings is 1. The van der Waals surface area contributed by atoms with E-state index in [9.17, 15) is 14.4 Å². The molecule has 1 heterocycles. The number of carbonyl (C=O) groups is 3. The average Bonchev–Trinajstić information content (AvgIpc) is 2.65. The van der Waals surface area contributed by atoms with E-state index in [0.29, 0.717) is 43.7 Å². The number of anilines is 1. The standard InChI is InChI=1S/C21H33N5O3/c1-21(2,14-25(3)4)13-23-19(28)15-8-10-26(11-9-15)20(29)24-17-7-5-6-16(12-17)18(22)27/h5-7,12,15H,8-11,13-14H2,1-4H3,(H2,22,27)(H,23,28)(H,24,29). The molecule has 0 radical (unpaired) electrons. The minimum atomic E-state index is -0.540. The molecule has 29 heavy (non-hydrogen) atoms. The highest BCUT2D eigenvalue weighted by molar-refractivity contribution is 5.96. The summed E-state index contributed by atoms with van der Waals surface area (Å²) in [6.45, 7) is 6.81. The maximum atomic E-state index is 12.5. The molecule has 8 heteroatoms. The van der Waals surface area contributed by atoms with Gasteiger partial charge in [0.25, 0.3) is 0 Å². The van der Waals surface area contributed by atoms with Crippen LogP contribution in [-0.2, 0) is 4.79 Å². The zero-order valence-electron chi connectivity index (χ0n) is 17.8. The van der Waals surface area contributed by atoms with Crippen LogP contribution < -0.4 is 16.4 Å². The van der Waals surface area contributed by atoms with E-state index in [2.05, 4.69) is 29.4 Å². The molecule has 4 amide bonds. The van der Waals surface area contributed by atoms with Crippen LogP contribution in [0, 0.1) is 11.3 Å². The number of primary amides is 1. The number of hydrogen-bond donors (Lipinski definition) is 3. The van der Waals surface area contributed by atoms with Crippen molar-refractivity contribution >= 4 is 23.5 Å². The summed E-state index contributed by atoms with van der Waals surface area (Å²) >= 11 is 0. The molecule has 1 aromatic carbocycles. The van der Waals surface area contributed by atoms with Gasteiger partial charge in [0.1, 0.15) is 0 Å². The molecule has 0 bridgehead atoms. The summed E-state index contributed by atoms with van der Waals surface area (Å²) in [4.78, 5) is 40.1. The summed E-state index contributed by atoms with van der Waals surface area (Å²) in [6.07, 6.45) is 1.27. The number of benzene rings is 1. The first kappa shape index (κ1) is 22.7. The molecule has 1 fully saturated rings. The molecule has 160 valence electrons. The van der Waals surface area contributed by atoms with Crippen LogP contribution in [0.3, 0.4) is 0 Å². The lowest BCUT2D eigenvalue weighted by Crippen LogP contribution is -2.46. The van der Waals surface area contributed by atoms with Gasteiger partial charge >= 0.3 is 6.03 Å². The Balaban J connectivity index is 1.80. The Morgan fingerprint density at radius 3 is 2.45 bits per heavy atom. The van der Waals surface area contributed by atoms with E-state index in [0.717, 1.165) is 6.54 Å². The van der Waals surface area contributed by atoms with E-state index in [1.165, 1.54) is 0 Å².